The fourth-order valence-corrected chi connectivity index (χ4v) is 5.71. The fourth-order valence-electron chi connectivity index (χ4n) is 4.24. The van der Waals surface area contributed by atoms with Crippen LogP contribution >= 0.6 is 0 Å². The minimum atomic E-state index is -3.55. The van der Waals surface area contributed by atoms with Crippen molar-refractivity contribution in [2.75, 3.05) is 19.6 Å². The molecule has 2 heterocycles. The summed E-state index contributed by atoms with van der Waals surface area (Å²) < 4.78 is 27.5. The van der Waals surface area contributed by atoms with Gasteiger partial charge in [-0.15, -0.1) is 0 Å². The summed E-state index contributed by atoms with van der Waals surface area (Å²) in [7, 11) is -3.55. The molecule has 1 N–H and O–H groups in total. The predicted octanol–water partition coefficient (Wildman–Crippen LogP) is 2.51. The molecule has 1 aromatic carbocycles. The Labute approximate surface area is 186 Å². The lowest BCUT2D eigenvalue weighted by molar-refractivity contribution is -0.130. The molecule has 2 saturated heterocycles. The van der Waals surface area contributed by atoms with Crippen LogP contribution in [0.3, 0.4) is 0 Å². The minimum Gasteiger partial charge on any atom is -0.353 e. The molecule has 1 unspecified atom stereocenters. The summed E-state index contributed by atoms with van der Waals surface area (Å²) >= 11 is 0. The second kappa shape index (κ2) is 8.90. The van der Waals surface area contributed by atoms with E-state index in [1.165, 1.54) is 4.31 Å². The number of nitrogens with one attached hydrogen (secondary N) is 1. The van der Waals surface area contributed by atoms with Gasteiger partial charge in [-0.3, -0.25) is 9.59 Å². The van der Waals surface area contributed by atoms with Crippen molar-refractivity contribution in [3.05, 3.63) is 29.8 Å². The molecule has 1 atom stereocenters. The SMILES string of the molecule is CC(C)N1CC(C(=O)NC2CCN(S(=O)(=O)c3ccc(C(C)(C)C)cc3)CC2)CC1=O. The number of likely N-dealkylation sites (tertiary alicyclic amines) is 1. The van der Waals surface area contributed by atoms with Crippen LogP contribution in [0.4, 0.5) is 0 Å². The van der Waals surface area contributed by atoms with Crippen LogP contribution in [0.2, 0.25) is 0 Å². The van der Waals surface area contributed by atoms with Gasteiger partial charge in [-0.1, -0.05) is 32.9 Å². The Morgan fingerprint density at radius 3 is 2.16 bits per heavy atom. The van der Waals surface area contributed by atoms with Crippen LogP contribution < -0.4 is 5.32 Å². The van der Waals surface area contributed by atoms with Gasteiger partial charge >= 0.3 is 0 Å². The molecule has 31 heavy (non-hydrogen) atoms. The van der Waals surface area contributed by atoms with Crippen LogP contribution in [0.25, 0.3) is 0 Å². The molecule has 0 spiro atoms. The van der Waals surface area contributed by atoms with Crippen molar-refractivity contribution in [3.63, 3.8) is 0 Å². The molecule has 0 bridgehead atoms. The van der Waals surface area contributed by atoms with Crippen molar-refractivity contribution in [1.29, 1.82) is 0 Å². The first kappa shape index (κ1) is 23.7. The smallest absolute Gasteiger partial charge is 0.243 e. The maximum atomic E-state index is 13.0. The number of nitrogens with zero attached hydrogens (tertiary/aromatic N) is 2. The van der Waals surface area contributed by atoms with Crippen molar-refractivity contribution in [2.45, 2.75) is 76.3 Å². The number of piperidine rings is 1. The average Bonchev–Trinajstić information content (AvgIpc) is 3.10. The molecule has 0 saturated carbocycles. The van der Waals surface area contributed by atoms with E-state index in [0.29, 0.717) is 37.4 Å². The third kappa shape index (κ3) is 5.29. The Morgan fingerprint density at radius 2 is 1.68 bits per heavy atom. The number of benzene rings is 1. The molecular weight excluding hydrogens is 414 g/mol. The lowest BCUT2D eigenvalue weighted by Crippen LogP contribution is -2.48. The van der Waals surface area contributed by atoms with Crippen LogP contribution in [0, 0.1) is 5.92 Å². The number of carbonyl (C=O) groups is 2. The first-order chi connectivity index (χ1) is 14.4. The Bertz CT molecular complexity index is 911. The average molecular weight is 450 g/mol. The molecule has 1 aromatic rings. The highest BCUT2D eigenvalue weighted by atomic mass is 32.2. The normalized spacial score (nSPS) is 21.7. The van der Waals surface area contributed by atoms with Crippen LogP contribution in [0.15, 0.2) is 29.2 Å². The topological polar surface area (TPSA) is 86.8 Å². The van der Waals surface area contributed by atoms with E-state index in [0.717, 1.165) is 5.56 Å². The van der Waals surface area contributed by atoms with E-state index in [1.807, 2.05) is 26.0 Å². The largest absolute Gasteiger partial charge is 0.353 e. The Balaban J connectivity index is 1.55. The highest BCUT2D eigenvalue weighted by Crippen LogP contribution is 2.26. The van der Waals surface area contributed by atoms with Gasteiger partial charge in [0.15, 0.2) is 0 Å². The van der Waals surface area contributed by atoms with E-state index in [1.54, 1.807) is 17.0 Å². The van der Waals surface area contributed by atoms with Crippen molar-refractivity contribution in [3.8, 4) is 0 Å². The summed E-state index contributed by atoms with van der Waals surface area (Å²) in [6, 6.07) is 7.15. The summed E-state index contributed by atoms with van der Waals surface area (Å²) in [5.41, 5.74) is 1.06. The van der Waals surface area contributed by atoms with Gasteiger partial charge in [0.1, 0.15) is 0 Å². The molecule has 0 aromatic heterocycles. The molecule has 2 fully saturated rings. The van der Waals surface area contributed by atoms with Crippen LogP contribution in [-0.2, 0) is 25.0 Å². The van der Waals surface area contributed by atoms with E-state index >= 15 is 0 Å². The summed E-state index contributed by atoms with van der Waals surface area (Å²) in [5.74, 6) is -0.401. The van der Waals surface area contributed by atoms with Gasteiger partial charge in [0, 0.05) is 38.1 Å². The monoisotopic (exact) mass is 449 g/mol. The highest BCUT2D eigenvalue weighted by Gasteiger charge is 2.37. The van der Waals surface area contributed by atoms with E-state index in [4.69, 9.17) is 0 Å². The molecular formula is C23H35N3O4S. The maximum Gasteiger partial charge on any atom is 0.243 e. The van der Waals surface area contributed by atoms with Crippen molar-refractivity contribution < 1.29 is 18.0 Å². The first-order valence-electron chi connectivity index (χ1n) is 11.1. The Hall–Kier alpha value is -1.93. The van der Waals surface area contributed by atoms with Crippen LogP contribution in [0.5, 0.6) is 0 Å². The first-order valence-corrected chi connectivity index (χ1v) is 12.5. The Kier molecular flexibility index (Phi) is 6.81. The number of rotatable bonds is 5. The van der Waals surface area contributed by atoms with Crippen molar-refractivity contribution >= 4 is 21.8 Å². The molecule has 0 aliphatic carbocycles. The zero-order chi connectivity index (χ0) is 23.0. The molecule has 3 rings (SSSR count). The number of sulfonamides is 1. The standard InChI is InChI=1S/C23H35N3O4S/c1-16(2)26-15-17(14-21(26)27)22(28)24-19-10-12-25(13-11-19)31(29,30)20-8-6-18(7-9-20)23(3,4)5/h6-9,16-17,19H,10-15H2,1-5H3,(H,24,28). The molecule has 172 valence electrons. The fraction of sp³-hybridized carbons (Fsp3) is 0.652. The number of carbonyl (C=O) groups excluding carboxylic acids is 2. The lowest BCUT2D eigenvalue weighted by Gasteiger charge is -2.32. The molecule has 2 aliphatic rings. The summed E-state index contributed by atoms with van der Waals surface area (Å²) in [4.78, 5) is 26.7. The maximum absolute atomic E-state index is 13.0. The molecule has 2 aliphatic heterocycles. The second-order valence-electron chi connectivity index (χ2n) is 10.0. The predicted molar refractivity (Wildman–Crippen MR) is 120 cm³/mol. The zero-order valence-electron chi connectivity index (χ0n) is 19.2. The van der Waals surface area contributed by atoms with Gasteiger partial charge in [-0.2, -0.15) is 4.31 Å². The van der Waals surface area contributed by atoms with E-state index in [9.17, 15) is 18.0 Å². The van der Waals surface area contributed by atoms with E-state index in [2.05, 4.69) is 26.1 Å². The third-order valence-corrected chi connectivity index (χ3v) is 8.22. The van der Waals surface area contributed by atoms with Gasteiger partial charge in [-0.25, -0.2) is 8.42 Å². The Morgan fingerprint density at radius 1 is 1.10 bits per heavy atom. The van der Waals surface area contributed by atoms with Gasteiger partial charge in [0.2, 0.25) is 21.8 Å². The van der Waals surface area contributed by atoms with E-state index < -0.39 is 10.0 Å². The number of amides is 2. The number of hydrogen-bond acceptors (Lipinski definition) is 4. The molecule has 7 nitrogen and oxygen atoms in total. The second-order valence-corrected chi connectivity index (χ2v) is 11.9. The summed E-state index contributed by atoms with van der Waals surface area (Å²) in [5, 5.41) is 3.04. The van der Waals surface area contributed by atoms with Gasteiger partial charge in [0.05, 0.1) is 10.8 Å². The van der Waals surface area contributed by atoms with Crippen molar-refractivity contribution in [2.24, 2.45) is 5.92 Å². The van der Waals surface area contributed by atoms with Gasteiger partial charge in [0.25, 0.3) is 0 Å². The third-order valence-electron chi connectivity index (χ3n) is 6.31. The van der Waals surface area contributed by atoms with Crippen molar-refractivity contribution in [1.82, 2.24) is 14.5 Å². The molecule has 0 radical (unpaired) electrons. The van der Waals surface area contributed by atoms with Crippen LogP contribution in [-0.4, -0.2) is 61.2 Å². The zero-order valence-corrected chi connectivity index (χ0v) is 20.0. The number of hydrogen-bond donors (Lipinski definition) is 1. The van der Waals surface area contributed by atoms with Crippen LogP contribution in [0.1, 0.15) is 59.4 Å². The highest BCUT2D eigenvalue weighted by molar-refractivity contribution is 7.89. The minimum absolute atomic E-state index is 0.0218. The lowest BCUT2D eigenvalue weighted by atomic mass is 9.87. The summed E-state index contributed by atoms with van der Waals surface area (Å²) in [6.45, 7) is 11.4. The van der Waals surface area contributed by atoms with Gasteiger partial charge in [-0.05, 0) is 49.8 Å². The van der Waals surface area contributed by atoms with Gasteiger partial charge < -0.3 is 10.2 Å². The quantitative estimate of drug-likeness (QED) is 0.748. The summed E-state index contributed by atoms with van der Waals surface area (Å²) in [6.07, 6.45) is 1.39. The molecule has 8 heteroatoms. The molecule has 2 amide bonds. The van der Waals surface area contributed by atoms with E-state index in [-0.39, 0.29) is 41.7 Å².